The Labute approximate surface area is 176 Å². The van der Waals surface area contributed by atoms with E-state index < -0.39 is 0 Å². The standard InChI is InChI=1S/C22H29N7O/c23-16-6-8-17(9-7-16)26-22-27-20(24-12-15-4-2-1-3-5-15)19-21(28-22)29(14-25-19)18-10-11-30-13-18/h1-5,14,16-18H,6-13,23H2,(H2,24,26,27,28)/t16-,17-,18?. The number of imidazole rings is 1. The second kappa shape index (κ2) is 8.57. The van der Waals surface area contributed by atoms with Crippen molar-refractivity contribution in [2.24, 2.45) is 5.73 Å². The molecule has 1 saturated heterocycles. The van der Waals surface area contributed by atoms with Crippen molar-refractivity contribution in [3.63, 3.8) is 0 Å². The van der Waals surface area contributed by atoms with Crippen LogP contribution in [0.15, 0.2) is 36.7 Å². The van der Waals surface area contributed by atoms with Crippen molar-refractivity contribution in [1.29, 1.82) is 0 Å². The van der Waals surface area contributed by atoms with Crippen molar-refractivity contribution in [2.75, 3.05) is 23.8 Å². The fourth-order valence-electron chi connectivity index (χ4n) is 4.34. The summed E-state index contributed by atoms with van der Waals surface area (Å²) in [6.07, 6.45) is 7.02. The van der Waals surface area contributed by atoms with E-state index in [1.807, 2.05) is 24.5 Å². The Kier molecular flexibility index (Phi) is 5.50. The van der Waals surface area contributed by atoms with Crippen molar-refractivity contribution in [3.05, 3.63) is 42.2 Å². The predicted molar refractivity (Wildman–Crippen MR) is 117 cm³/mol. The first-order valence-electron chi connectivity index (χ1n) is 10.9. The molecule has 1 aromatic carbocycles. The Morgan fingerprint density at radius 1 is 1.07 bits per heavy atom. The Bertz CT molecular complexity index is 976. The normalized spacial score (nSPS) is 24.2. The van der Waals surface area contributed by atoms with Gasteiger partial charge in [-0.3, -0.25) is 0 Å². The summed E-state index contributed by atoms with van der Waals surface area (Å²) in [4.78, 5) is 14.3. The van der Waals surface area contributed by atoms with Gasteiger partial charge in [0, 0.05) is 25.2 Å². The fourth-order valence-corrected chi connectivity index (χ4v) is 4.34. The number of fused-ring (bicyclic) bond motifs is 1. The number of hydrogen-bond acceptors (Lipinski definition) is 7. The molecular formula is C22H29N7O. The van der Waals surface area contributed by atoms with Crippen LogP contribution in [0.2, 0.25) is 0 Å². The minimum absolute atomic E-state index is 0.271. The summed E-state index contributed by atoms with van der Waals surface area (Å²) in [5.41, 5.74) is 8.92. The van der Waals surface area contributed by atoms with Crippen LogP contribution in [0.3, 0.4) is 0 Å². The van der Waals surface area contributed by atoms with E-state index in [-0.39, 0.29) is 6.04 Å². The molecule has 2 fully saturated rings. The lowest BCUT2D eigenvalue weighted by atomic mass is 9.92. The Morgan fingerprint density at radius 3 is 2.67 bits per heavy atom. The molecule has 30 heavy (non-hydrogen) atoms. The largest absolute Gasteiger partial charge is 0.379 e. The van der Waals surface area contributed by atoms with Crippen LogP contribution >= 0.6 is 0 Å². The highest BCUT2D eigenvalue weighted by Gasteiger charge is 2.24. The number of nitrogens with two attached hydrogens (primary N) is 1. The van der Waals surface area contributed by atoms with Gasteiger partial charge in [0.15, 0.2) is 17.0 Å². The summed E-state index contributed by atoms with van der Waals surface area (Å²) in [5, 5.41) is 7.02. The second-order valence-corrected chi connectivity index (χ2v) is 8.33. The highest BCUT2D eigenvalue weighted by molar-refractivity contribution is 5.84. The lowest BCUT2D eigenvalue weighted by Crippen LogP contribution is -2.33. The monoisotopic (exact) mass is 407 g/mol. The number of nitrogens with zero attached hydrogens (tertiary/aromatic N) is 4. The first-order valence-corrected chi connectivity index (χ1v) is 10.9. The molecule has 8 nitrogen and oxygen atoms in total. The Balaban J connectivity index is 1.45. The Hall–Kier alpha value is -2.71. The van der Waals surface area contributed by atoms with E-state index in [1.165, 1.54) is 5.56 Å². The molecule has 1 unspecified atom stereocenters. The fraction of sp³-hybridized carbons (Fsp3) is 0.500. The molecule has 1 saturated carbocycles. The van der Waals surface area contributed by atoms with Crippen molar-refractivity contribution >= 4 is 22.9 Å². The van der Waals surface area contributed by atoms with Crippen LogP contribution in [0.25, 0.3) is 11.2 Å². The van der Waals surface area contributed by atoms with Gasteiger partial charge in [-0.05, 0) is 37.7 Å². The van der Waals surface area contributed by atoms with Gasteiger partial charge in [0.2, 0.25) is 5.95 Å². The molecule has 0 bridgehead atoms. The van der Waals surface area contributed by atoms with Gasteiger partial charge in [-0.25, -0.2) is 4.98 Å². The van der Waals surface area contributed by atoms with E-state index in [0.29, 0.717) is 31.2 Å². The van der Waals surface area contributed by atoms with Crippen LogP contribution in [0.4, 0.5) is 11.8 Å². The van der Waals surface area contributed by atoms with Crippen LogP contribution in [-0.2, 0) is 11.3 Å². The van der Waals surface area contributed by atoms with Gasteiger partial charge >= 0.3 is 0 Å². The third-order valence-corrected chi connectivity index (χ3v) is 6.13. The smallest absolute Gasteiger partial charge is 0.227 e. The van der Waals surface area contributed by atoms with Gasteiger partial charge in [-0.15, -0.1) is 0 Å². The van der Waals surface area contributed by atoms with Gasteiger partial charge in [-0.1, -0.05) is 30.3 Å². The van der Waals surface area contributed by atoms with Crippen LogP contribution in [0, 0.1) is 0 Å². The molecule has 1 aliphatic carbocycles. The third-order valence-electron chi connectivity index (χ3n) is 6.13. The molecule has 4 N–H and O–H groups in total. The lowest BCUT2D eigenvalue weighted by Gasteiger charge is -2.27. The molecular weight excluding hydrogens is 378 g/mol. The van der Waals surface area contributed by atoms with Crippen molar-refractivity contribution in [1.82, 2.24) is 19.5 Å². The minimum Gasteiger partial charge on any atom is -0.379 e. The zero-order chi connectivity index (χ0) is 20.3. The molecule has 5 rings (SSSR count). The van der Waals surface area contributed by atoms with E-state index in [1.54, 1.807) is 0 Å². The van der Waals surface area contributed by atoms with E-state index in [9.17, 15) is 0 Å². The van der Waals surface area contributed by atoms with Gasteiger partial charge in [0.25, 0.3) is 0 Å². The topological polar surface area (TPSA) is 103 Å². The molecule has 0 radical (unpaired) electrons. The van der Waals surface area contributed by atoms with E-state index in [0.717, 1.165) is 55.7 Å². The minimum atomic E-state index is 0.271. The number of hydrogen-bond donors (Lipinski definition) is 3. The zero-order valence-corrected chi connectivity index (χ0v) is 17.1. The van der Waals surface area contributed by atoms with Gasteiger partial charge in [0.05, 0.1) is 19.0 Å². The van der Waals surface area contributed by atoms with E-state index >= 15 is 0 Å². The van der Waals surface area contributed by atoms with E-state index in [2.05, 4.69) is 32.3 Å². The number of anilines is 2. The SMILES string of the molecule is N[C@H]1CC[C@H](Nc2nc(NCc3ccccc3)c3ncn(C4CCOC4)c3n2)CC1. The molecule has 1 aliphatic heterocycles. The maximum absolute atomic E-state index is 6.07. The summed E-state index contributed by atoms with van der Waals surface area (Å²) in [6, 6.07) is 11.3. The zero-order valence-electron chi connectivity index (χ0n) is 17.1. The van der Waals surface area contributed by atoms with Crippen molar-refractivity contribution in [3.8, 4) is 0 Å². The molecule has 8 heteroatoms. The van der Waals surface area contributed by atoms with Crippen LogP contribution < -0.4 is 16.4 Å². The van der Waals surface area contributed by atoms with Gasteiger partial charge < -0.3 is 25.7 Å². The van der Waals surface area contributed by atoms with Gasteiger partial charge in [-0.2, -0.15) is 9.97 Å². The molecule has 3 heterocycles. The molecule has 1 atom stereocenters. The summed E-state index contributed by atoms with van der Waals surface area (Å²) < 4.78 is 7.73. The summed E-state index contributed by atoms with van der Waals surface area (Å²) in [5.74, 6) is 1.41. The Morgan fingerprint density at radius 2 is 1.90 bits per heavy atom. The van der Waals surface area contributed by atoms with Crippen LogP contribution in [-0.4, -0.2) is 44.8 Å². The summed E-state index contributed by atoms with van der Waals surface area (Å²) >= 11 is 0. The maximum atomic E-state index is 6.07. The quantitative estimate of drug-likeness (QED) is 0.577. The molecule has 0 spiro atoms. The first kappa shape index (κ1) is 19.3. The molecule has 3 aromatic rings. The van der Waals surface area contributed by atoms with Crippen molar-refractivity contribution in [2.45, 2.75) is 56.8 Å². The van der Waals surface area contributed by atoms with E-state index in [4.69, 9.17) is 20.4 Å². The molecule has 2 aliphatic rings. The average Bonchev–Trinajstić information content (AvgIpc) is 3.44. The second-order valence-electron chi connectivity index (χ2n) is 8.33. The highest BCUT2D eigenvalue weighted by Crippen LogP contribution is 2.28. The number of aromatic nitrogens is 4. The number of ether oxygens (including phenoxy) is 1. The summed E-state index contributed by atoms with van der Waals surface area (Å²) in [7, 11) is 0. The number of nitrogens with one attached hydrogen (secondary N) is 2. The average molecular weight is 408 g/mol. The first-order chi connectivity index (χ1) is 14.8. The lowest BCUT2D eigenvalue weighted by molar-refractivity contribution is 0.187. The number of rotatable bonds is 6. The van der Waals surface area contributed by atoms with Gasteiger partial charge in [0.1, 0.15) is 0 Å². The predicted octanol–water partition coefficient (Wildman–Crippen LogP) is 3.08. The molecule has 0 amide bonds. The van der Waals surface area contributed by atoms with Crippen molar-refractivity contribution < 1.29 is 4.74 Å². The highest BCUT2D eigenvalue weighted by atomic mass is 16.5. The maximum Gasteiger partial charge on any atom is 0.227 e. The summed E-state index contributed by atoms with van der Waals surface area (Å²) in [6.45, 7) is 2.16. The van der Waals surface area contributed by atoms with Crippen LogP contribution in [0.1, 0.15) is 43.7 Å². The number of benzene rings is 1. The molecule has 158 valence electrons. The molecule has 2 aromatic heterocycles. The third kappa shape index (κ3) is 4.11. The van der Waals surface area contributed by atoms with Crippen LogP contribution in [0.5, 0.6) is 0 Å².